The second kappa shape index (κ2) is 8.23. The third-order valence-electron chi connectivity index (χ3n) is 5.82. The highest BCUT2D eigenvalue weighted by atomic mass is 28.3. The topological polar surface area (TPSA) is 6.48 Å². The summed E-state index contributed by atoms with van der Waals surface area (Å²) in [7, 11) is 0.348. The Morgan fingerprint density at radius 3 is 1.86 bits per heavy atom. The molecular formula is C25H32N2Si. The predicted octanol–water partition coefficient (Wildman–Crippen LogP) is 4.21. The van der Waals surface area contributed by atoms with Gasteiger partial charge in [-0.05, 0) is 52.2 Å². The number of hydrogen-bond donors (Lipinski definition) is 0. The van der Waals surface area contributed by atoms with Gasteiger partial charge in [-0.25, -0.2) is 0 Å². The Labute approximate surface area is 171 Å². The number of hydrogen-bond acceptors (Lipinski definition) is 2. The van der Waals surface area contributed by atoms with Crippen LogP contribution in [0.15, 0.2) is 74.4 Å². The van der Waals surface area contributed by atoms with Gasteiger partial charge in [0.2, 0.25) is 0 Å². The van der Waals surface area contributed by atoms with Crippen LogP contribution in [0.1, 0.15) is 11.1 Å². The van der Waals surface area contributed by atoms with E-state index in [-0.39, 0.29) is 0 Å². The summed E-state index contributed by atoms with van der Waals surface area (Å²) >= 11 is 0. The minimum Gasteiger partial charge on any atom is -0.371 e. The summed E-state index contributed by atoms with van der Waals surface area (Å²) in [6.07, 6.45) is 6.90. The Hall–Kier alpha value is -2.52. The average Bonchev–Trinajstić information content (AvgIpc) is 2.68. The molecule has 3 rings (SSSR count). The fourth-order valence-corrected chi connectivity index (χ4v) is 7.54. The van der Waals surface area contributed by atoms with Crippen molar-refractivity contribution in [2.45, 2.75) is 19.5 Å². The van der Waals surface area contributed by atoms with E-state index in [1.807, 2.05) is 18.2 Å². The molecular weight excluding hydrogens is 356 g/mol. The smallest absolute Gasteiger partial charge is 0.113 e. The molecule has 1 heterocycles. The lowest BCUT2D eigenvalue weighted by atomic mass is 10.0. The Bertz CT molecular complexity index is 887. The molecule has 2 nitrogen and oxygen atoms in total. The molecule has 0 unspecified atom stereocenters. The van der Waals surface area contributed by atoms with Crippen molar-refractivity contribution in [1.29, 1.82) is 0 Å². The van der Waals surface area contributed by atoms with Crippen LogP contribution in [0, 0.1) is 0 Å². The third kappa shape index (κ3) is 3.72. The Morgan fingerprint density at radius 1 is 0.821 bits per heavy atom. The molecule has 28 heavy (non-hydrogen) atoms. The molecule has 146 valence electrons. The lowest BCUT2D eigenvalue weighted by Gasteiger charge is -2.36. The maximum Gasteiger partial charge on any atom is 0.113 e. The van der Waals surface area contributed by atoms with E-state index in [4.69, 9.17) is 0 Å². The lowest BCUT2D eigenvalue weighted by Crippen LogP contribution is -2.58. The van der Waals surface area contributed by atoms with Crippen LogP contribution in [-0.2, 0) is 6.42 Å². The van der Waals surface area contributed by atoms with Crippen molar-refractivity contribution in [3.63, 3.8) is 0 Å². The maximum absolute atomic E-state index is 3.92. The van der Waals surface area contributed by atoms with Crippen molar-refractivity contribution >= 4 is 29.8 Å². The van der Waals surface area contributed by atoms with Crippen LogP contribution in [0.3, 0.4) is 0 Å². The van der Waals surface area contributed by atoms with E-state index >= 15 is 0 Å². The Morgan fingerprint density at radius 2 is 1.32 bits per heavy atom. The molecule has 0 radical (unpaired) electrons. The molecule has 0 fully saturated rings. The number of anilines is 2. The van der Waals surface area contributed by atoms with E-state index in [0.29, 0.717) is 0 Å². The van der Waals surface area contributed by atoms with Crippen LogP contribution < -0.4 is 20.2 Å². The van der Waals surface area contributed by atoms with Crippen molar-refractivity contribution < 1.29 is 0 Å². The maximum atomic E-state index is 3.92. The molecule has 0 aromatic heterocycles. The SMILES string of the molecule is C=CCN(C)c1ccc2c(c1)[Si](C)(C)c1cc(N(CC=C)CC=C)ccc1C2. The van der Waals surface area contributed by atoms with Gasteiger partial charge in [-0.1, -0.05) is 43.5 Å². The van der Waals surface area contributed by atoms with Gasteiger partial charge in [-0.3, -0.25) is 0 Å². The first-order valence-electron chi connectivity index (χ1n) is 9.98. The predicted molar refractivity (Wildman–Crippen MR) is 129 cm³/mol. The summed E-state index contributed by atoms with van der Waals surface area (Å²) < 4.78 is 0. The van der Waals surface area contributed by atoms with Crippen LogP contribution in [0.2, 0.25) is 13.1 Å². The van der Waals surface area contributed by atoms with Gasteiger partial charge in [0.25, 0.3) is 0 Å². The molecule has 0 atom stereocenters. The molecule has 0 amide bonds. The molecule has 3 heteroatoms. The van der Waals surface area contributed by atoms with Gasteiger partial charge in [0, 0.05) is 38.1 Å². The van der Waals surface area contributed by atoms with Gasteiger partial charge in [-0.15, -0.1) is 19.7 Å². The Balaban J connectivity index is 2.04. The molecule has 0 bridgehead atoms. The quantitative estimate of drug-likeness (QED) is 0.494. The minimum absolute atomic E-state index is 0.833. The van der Waals surface area contributed by atoms with Gasteiger partial charge in [-0.2, -0.15) is 0 Å². The summed E-state index contributed by atoms with van der Waals surface area (Å²) in [5, 5.41) is 3.11. The number of nitrogens with zero attached hydrogens (tertiary/aromatic N) is 2. The fourth-order valence-electron chi connectivity index (χ4n) is 4.28. The second-order valence-corrected chi connectivity index (χ2v) is 12.5. The summed E-state index contributed by atoms with van der Waals surface area (Å²) in [6.45, 7) is 19.2. The van der Waals surface area contributed by atoms with Crippen molar-refractivity contribution in [3.8, 4) is 0 Å². The number of likely N-dealkylation sites (N-methyl/N-ethyl adjacent to an activating group) is 1. The first-order chi connectivity index (χ1) is 13.4. The number of benzene rings is 2. The molecule has 0 saturated carbocycles. The molecule has 1 aliphatic heterocycles. The summed E-state index contributed by atoms with van der Waals surface area (Å²) in [6, 6.07) is 14.0. The van der Waals surface area contributed by atoms with Gasteiger partial charge in [0.05, 0.1) is 0 Å². The molecule has 2 aromatic carbocycles. The summed E-state index contributed by atoms with van der Waals surface area (Å²) in [5.74, 6) is 0. The van der Waals surface area contributed by atoms with E-state index in [1.165, 1.54) is 22.5 Å². The highest BCUT2D eigenvalue weighted by Crippen LogP contribution is 2.26. The van der Waals surface area contributed by atoms with Crippen LogP contribution in [-0.4, -0.2) is 34.8 Å². The molecule has 0 N–H and O–H groups in total. The first kappa shape index (κ1) is 20.2. The normalized spacial score (nSPS) is 13.8. The van der Waals surface area contributed by atoms with Crippen LogP contribution >= 0.6 is 0 Å². The zero-order valence-electron chi connectivity index (χ0n) is 17.5. The number of rotatable bonds is 8. The van der Waals surface area contributed by atoms with Crippen LogP contribution in [0.25, 0.3) is 0 Å². The van der Waals surface area contributed by atoms with E-state index in [0.717, 1.165) is 26.1 Å². The van der Waals surface area contributed by atoms with Gasteiger partial charge in [0.15, 0.2) is 0 Å². The second-order valence-electron chi connectivity index (χ2n) is 8.14. The minimum atomic E-state index is -1.79. The summed E-state index contributed by atoms with van der Waals surface area (Å²) in [5.41, 5.74) is 5.51. The monoisotopic (exact) mass is 388 g/mol. The van der Waals surface area contributed by atoms with Crippen LogP contribution in [0.5, 0.6) is 0 Å². The average molecular weight is 389 g/mol. The highest BCUT2D eigenvalue weighted by Gasteiger charge is 2.35. The summed E-state index contributed by atoms with van der Waals surface area (Å²) in [4.78, 5) is 4.59. The Kier molecular flexibility index (Phi) is 5.95. The molecule has 0 saturated heterocycles. The van der Waals surface area contributed by atoms with Crippen LogP contribution in [0.4, 0.5) is 11.4 Å². The van der Waals surface area contributed by atoms with Gasteiger partial charge in [0.1, 0.15) is 8.07 Å². The standard InChI is InChI=1S/C25H32N2Si/c1-7-14-26(4)22-12-10-20-17-21-11-13-23(27(15-8-2)16-9-3)19-25(21)28(5,6)24(20)18-22/h7-13,18-19H,1-3,14-17H2,4-6H3. The molecule has 1 aliphatic rings. The van der Waals surface area contributed by atoms with E-state index in [2.05, 4.69) is 86.1 Å². The third-order valence-corrected chi connectivity index (χ3v) is 9.45. The highest BCUT2D eigenvalue weighted by molar-refractivity contribution is 7.01. The molecule has 0 aliphatic carbocycles. The number of fused-ring (bicyclic) bond motifs is 2. The largest absolute Gasteiger partial charge is 0.371 e. The molecule has 0 spiro atoms. The zero-order valence-corrected chi connectivity index (χ0v) is 18.5. The molecule has 2 aromatic rings. The van der Waals surface area contributed by atoms with Crippen molar-refractivity contribution in [2.24, 2.45) is 0 Å². The van der Waals surface area contributed by atoms with Crippen molar-refractivity contribution in [1.82, 2.24) is 0 Å². The van der Waals surface area contributed by atoms with E-state index in [1.54, 1.807) is 10.4 Å². The van der Waals surface area contributed by atoms with Gasteiger partial charge >= 0.3 is 0 Å². The van der Waals surface area contributed by atoms with Crippen molar-refractivity contribution in [2.75, 3.05) is 36.5 Å². The van der Waals surface area contributed by atoms with Gasteiger partial charge < -0.3 is 9.80 Å². The fraction of sp³-hybridized carbons (Fsp3) is 0.280. The van der Waals surface area contributed by atoms with E-state index < -0.39 is 8.07 Å². The van der Waals surface area contributed by atoms with Crippen molar-refractivity contribution in [3.05, 3.63) is 85.5 Å². The first-order valence-corrected chi connectivity index (χ1v) is 13.0. The zero-order chi connectivity index (χ0) is 20.3. The van der Waals surface area contributed by atoms with E-state index in [9.17, 15) is 0 Å². The lowest BCUT2D eigenvalue weighted by molar-refractivity contribution is 0.956.